The molecule has 0 aliphatic heterocycles. The van der Waals surface area contributed by atoms with E-state index < -0.39 is 5.97 Å². The fourth-order valence-corrected chi connectivity index (χ4v) is 2.73. The molecule has 1 aromatic carbocycles. The number of benzene rings is 1. The lowest BCUT2D eigenvalue weighted by molar-refractivity contribution is -0.142. The van der Waals surface area contributed by atoms with Gasteiger partial charge in [-0.05, 0) is 38.2 Å². The fraction of sp³-hybridized carbons (Fsp3) is 0.500. The highest BCUT2D eigenvalue weighted by molar-refractivity contribution is 5.75. The van der Waals surface area contributed by atoms with Gasteiger partial charge in [0.15, 0.2) is 0 Å². The van der Waals surface area contributed by atoms with E-state index in [0.29, 0.717) is 12.8 Å². The van der Waals surface area contributed by atoms with E-state index in [-0.39, 0.29) is 24.0 Å². The van der Waals surface area contributed by atoms with Crippen LogP contribution in [0.1, 0.15) is 44.2 Å². The zero-order valence-corrected chi connectivity index (χ0v) is 12.2. The molecule has 0 aromatic heterocycles. The van der Waals surface area contributed by atoms with Gasteiger partial charge in [-0.2, -0.15) is 0 Å². The summed E-state index contributed by atoms with van der Waals surface area (Å²) in [5.74, 6) is -0.982. The first-order valence-corrected chi connectivity index (χ1v) is 7.41. The summed E-state index contributed by atoms with van der Waals surface area (Å²) in [5.41, 5.74) is 1.06. The van der Waals surface area contributed by atoms with Gasteiger partial charge >= 0.3 is 12.0 Å². The minimum atomic E-state index is -0.726. The van der Waals surface area contributed by atoms with E-state index in [2.05, 4.69) is 10.6 Å². The van der Waals surface area contributed by atoms with Crippen LogP contribution in [-0.4, -0.2) is 23.1 Å². The van der Waals surface area contributed by atoms with Gasteiger partial charge < -0.3 is 15.7 Å². The number of carbonyl (C=O) groups excluding carboxylic acids is 1. The molecule has 1 aliphatic rings. The number of hydrogen-bond donors (Lipinski definition) is 3. The molecule has 1 aromatic rings. The standard InChI is InChI=1S/C16H22N2O3/c1-11(12-5-3-2-4-6-12)17-16(21)18-14-9-7-13(8-10-14)15(19)20/h2-6,11,13-14H,7-10H2,1H3,(H,19,20)(H2,17,18,21)/t11-,13?,14?/m0/s1. The highest BCUT2D eigenvalue weighted by atomic mass is 16.4. The first-order chi connectivity index (χ1) is 10.1. The van der Waals surface area contributed by atoms with Crippen molar-refractivity contribution in [3.8, 4) is 0 Å². The van der Waals surface area contributed by atoms with E-state index in [0.717, 1.165) is 18.4 Å². The lowest BCUT2D eigenvalue weighted by atomic mass is 9.86. The predicted molar refractivity (Wildman–Crippen MR) is 79.9 cm³/mol. The third-order valence-corrected chi connectivity index (χ3v) is 4.06. The molecule has 1 saturated carbocycles. The normalized spacial score (nSPS) is 23.1. The number of nitrogens with one attached hydrogen (secondary N) is 2. The lowest BCUT2D eigenvalue weighted by Gasteiger charge is -2.27. The molecule has 1 atom stereocenters. The molecule has 5 nitrogen and oxygen atoms in total. The van der Waals surface area contributed by atoms with Crippen molar-refractivity contribution in [3.63, 3.8) is 0 Å². The average molecular weight is 290 g/mol. The van der Waals surface area contributed by atoms with Crippen LogP contribution in [0.2, 0.25) is 0 Å². The fourth-order valence-electron chi connectivity index (χ4n) is 2.73. The van der Waals surface area contributed by atoms with Crippen LogP contribution in [0.15, 0.2) is 30.3 Å². The number of rotatable bonds is 4. The summed E-state index contributed by atoms with van der Waals surface area (Å²) < 4.78 is 0. The largest absolute Gasteiger partial charge is 0.481 e. The first-order valence-electron chi connectivity index (χ1n) is 7.41. The summed E-state index contributed by atoms with van der Waals surface area (Å²) in [5, 5.41) is 14.8. The first kappa shape index (κ1) is 15.4. The van der Waals surface area contributed by atoms with Crippen molar-refractivity contribution >= 4 is 12.0 Å². The monoisotopic (exact) mass is 290 g/mol. The van der Waals surface area contributed by atoms with E-state index in [1.54, 1.807) is 0 Å². The Hall–Kier alpha value is -2.04. The average Bonchev–Trinajstić information content (AvgIpc) is 2.48. The van der Waals surface area contributed by atoms with Gasteiger partial charge in [0, 0.05) is 6.04 Å². The van der Waals surface area contributed by atoms with Crippen molar-refractivity contribution in [1.29, 1.82) is 0 Å². The minimum absolute atomic E-state index is 0.0541. The third kappa shape index (κ3) is 4.48. The molecule has 0 heterocycles. The van der Waals surface area contributed by atoms with Crippen LogP contribution in [0.3, 0.4) is 0 Å². The number of carboxylic acids is 1. The summed E-state index contributed by atoms with van der Waals surface area (Å²) in [6.45, 7) is 1.94. The van der Waals surface area contributed by atoms with Crippen LogP contribution in [-0.2, 0) is 4.79 Å². The molecule has 0 spiro atoms. The molecule has 0 radical (unpaired) electrons. The maximum absolute atomic E-state index is 12.0. The lowest BCUT2D eigenvalue weighted by Crippen LogP contribution is -2.44. The van der Waals surface area contributed by atoms with Gasteiger partial charge in [0.25, 0.3) is 0 Å². The Morgan fingerprint density at radius 2 is 1.76 bits per heavy atom. The van der Waals surface area contributed by atoms with Crippen molar-refractivity contribution in [2.45, 2.75) is 44.7 Å². The number of urea groups is 1. The van der Waals surface area contributed by atoms with E-state index in [4.69, 9.17) is 5.11 Å². The van der Waals surface area contributed by atoms with Crippen LogP contribution in [0.25, 0.3) is 0 Å². The molecule has 3 N–H and O–H groups in total. The Bertz CT molecular complexity index is 482. The molecular weight excluding hydrogens is 268 g/mol. The topological polar surface area (TPSA) is 78.4 Å². The van der Waals surface area contributed by atoms with Gasteiger partial charge in [-0.25, -0.2) is 4.79 Å². The van der Waals surface area contributed by atoms with Gasteiger partial charge in [-0.1, -0.05) is 30.3 Å². The molecule has 0 saturated heterocycles. The van der Waals surface area contributed by atoms with E-state index in [1.807, 2.05) is 37.3 Å². The van der Waals surface area contributed by atoms with Gasteiger partial charge in [0.2, 0.25) is 0 Å². The third-order valence-electron chi connectivity index (χ3n) is 4.06. The Kier molecular flexibility index (Phi) is 5.20. The number of hydrogen-bond acceptors (Lipinski definition) is 2. The number of amides is 2. The zero-order chi connectivity index (χ0) is 15.2. The molecule has 2 rings (SSSR count). The summed E-state index contributed by atoms with van der Waals surface area (Å²) in [6.07, 6.45) is 2.72. The Morgan fingerprint density at radius 1 is 1.14 bits per heavy atom. The van der Waals surface area contributed by atoms with Crippen LogP contribution < -0.4 is 10.6 Å². The van der Waals surface area contributed by atoms with Crippen molar-refractivity contribution in [2.75, 3.05) is 0 Å². The second-order valence-corrected chi connectivity index (χ2v) is 5.64. The summed E-state index contributed by atoms with van der Waals surface area (Å²) >= 11 is 0. The summed E-state index contributed by atoms with van der Waals surface area (Å²) in [7, 11) is 0. The van der Waals surface area contributed by atoms with Gasteiger partial charge in [0.1, 0.15) is 0 Å². The van der Waals surface area contributed by atoms with E-state index in [9.17, 15) is 9.59 Å². The maximum Gasteiger partial charge on any atom is 0.315 e. The van der Waals surface area contributed by atoms with Crippen molar-refractivity contribution in [3.05, 3.63) is 35.9 Å². The SMILES string of the molecule is C[C@H](NC(=O)NC1CCC(C(=O)O)CC1)c1ccccc1. The van der Waals surface area contributed by atoms with E-state index in [1.165, 1.54) is 0 Å². The minimum Gasteiger partial charge on any atom is -0.481 e. The molecule has 0 bridgehead atoms. The molecule has 21 heavy (non-hydrogen) atoms. The van der Waals surface area contributed by atoms with Crippen molar-refractivity contribution in [1.82, 2.24) is 10.6 Å². The Morgan fingerprint density at radius 3 is 2.33 bits per heavy atom. The highest BCUT2D eigenvalue weighted by Gasteiger charge is 2.26. The summed E-state index contributed by atoms with van der Waals surface area (Å²) in [6, 6.07) is 9.61. The predicted octanol–water partition coefficient (Wildman–Crippen LogP) is 2.69. The van der Waals surface area contributed by atoms with Gasteiger partial charge in [-0.15, -0.1) is 0 Å². The number of carboxylic acid groups (broad SMARTS) is 1. The summed E-state index contributed by atoms with van der Waals surface area (Å²) in [4.78, 5) is 22.9. The van der Waals surface area contributed by atoms with E-state index >= 15 is 0 Å². The Balaban J connectivity index is 1.76. The quantitative estimate of drug-likeness (QED) is 0.797. The van der Waals surface area contributed by atoms with Crippen LogP contribution in [0.5, 0.6) is 0 Å². The second kappa shape index (κ2) is 7.11. The van der Waals surface area contributed by atoms with Crippen molar-refractivity contribution in [2.24, 2.45) is 5.92 Å². The molecule has 114 valence electrons. The van der Waals surface area contributed by atoms with Gasteiger partial charge in [0.05, 0.1) is 12.0 Å². The smallest absolute Gasteiger partial charge is 0.315 e. The molecule has 1 fully saturated rings. The zero-order valence-electron chi connectivity index (χ0n) is 12.2. The molecule has 1 aliphatic carbocycles. The molecular formula is C16H22N2O3. The molecule has 2 amide bonds. The maximum atomic E-state index is 12.0. The number of carbonyl (C=O) groups is 2. The highest BCUT2D eigenvalue weighted by Crippen LogP contribution is 2.24. The Labute approximate surface area is 124 Å². The molecule has 5 heteroatoms. The van der Waals surface area contributed by atoms with Crippen LogP contribution in [0.4, 0.5) is 4.79 Å². The number of aliphatic carboxylic acids is 1. The second-order valence-electron chi connectivity index (χ2n) is 5.64. The van der Waals surface area contributed by atoms with Crippen molar-refractivity contribution < 1.29 is 14.7 Å². The van der Waals surface area contributed by atoms with Gasteiger partial charge in [-0.3, -0.25) is 4.79 Å². The van der Waals surface area contributed by atoms with Crippen LogP contribution in [0, 0.1) is 5.92 Å². The molecule has 0 unspecified atom stereocenters. The van der Waals surface area contributed by atoms with Crippen LogP contribution >= 0.6 is 0 Å².